The third-order valence-corrected chi connectivity index (χ3v) is 4.37. The Bertz CT molecular complexity index is 1130. The van der Waals surface area contributed by atoms with Gasteiger partial charge in [-0.05, 0) is 50.1 Å². The molecule has 0 bridgehead atoms. The van der Waals surface area contributed by atoms with E-state index in [-0.39, 0.29) is 40.4 Å². The van der Waals surface area contributed by atoms with Gasteiger partial charge in [-0.15, -0.1) is 0 Å². The number of hydrogen-bond donors (Lipinski definition) is 2. The molecule has 29 heavy (non-hydrogen) atoms. The summed E-state index contributed by atoms with van der Waals surface area (Å²) in [5, 5.41) is 19.6. The van der Waals surface area contributed by atoms with Crippen molar-refractivity contribution in [3.05, 3.63) is 52.7 Å². The number of esters is 1. The Morgan fingerprint density at radius 3 is 2.45 bits per heavy atom. The first-order chi connectivity index (χ1) is 13.9. The third kappa shape index (κ3) is 4.63. The fourth-order valence-electron chi connectivity index (χ4n) is 2.88. The van der Waals surface area contributed by atoms with E-state index in [0.29, 0.717) is 24.8 Å². The number of carbonyl (C=O) groups is 2. The zero-order valence-electron chi connectivity index (χ0n) is 15.8. The Balaban J connectivity index is 1.98. The number of rotatable bonds is 7. The maximum Gasteiger partial charge on any atom is 0.311 e. The number of Topliss-reactive ketones (excluding diaryl/α,β-unsaturated/α-hetero) is 1. The van der Waals surface area contributed by atoms with Crippen molar-refractivity contribution < 1.29 is 29.0 Å². The van der Waals surface area contributed by atoms with Crippen molar-refractivity contribution in [3.8, 4) is 28.6 Å². The Morgan fingerprint density at radius 1 is 1.00 bits per heavy atom. The van der Waals surface area contributed by atoms with Crippen molar-refractivity contribution in [2.24, 2.45) is 0 Å². The van der Waals surface area contributed by atoms with Crippen LogP contribution in [0.1, 0.15) is 32.6 Å². The molecule has 0 atom stereocenters. The summed E-state index contributed by atoms with van der Waals surface area (Å²) in [7, 11) is 0. The summed E-state index contributed by atoms with van der Waals surface area (Å²) < 4.78 is 11.1. The molecule has 7 nitrogen and oxygen atoms in total. The van der Waals surface area contributed by atoms with Gasteiger partial charge in [0.1, 0.15) is 11.4 Å². The largest absolute Gasteiger partial charge is 0.504 e. The minimum Gasteiger partial charge on any atom is -0.504 e. The number of para-hydroxylation sites is 1. The molecule has 3 rings (SSSR count). The van der Waals surface area contributed by atoms with Gasteiger partial charge >= 0.3 is 5.97 Å². The number of ketones is 1. The van der Waals surface area contributed by atoms with Gasteiger partial charge in [0.2, 0.25) is 11.2 Å². The molecule has 0 spiro atoms. The lowest BCUT2D eigenvalue weighted by Crippen LogP contribution is -2.16. The van der Waals surface area contributed by atoms with Gasteiger partial charge in [-0.2, -0.15) is 0 Å². The molecule has 0 radical (unpaired) electrons. The van der Waals surface area contributed by atoms with Gasteiger partial charge in [-0.25, -0.2) is 0 Å². The lowest BCUT2D eigenvalue weighted by Gasteiger charge is -2.11. The number of hydrogen-bond acceptors (Lipinski definition) is 7. The van der Waals surface area contributed by atoms with Crippen LogP contribution in [0, 0.1) is 0 Å². The van der Waals surface area contributed by atoms with Crippen LogP contribution in [0.4, 0.5) is 0 Å². The molecular formula is C22H20O7. The van der Waals surface area contributed by atoms with Crippen LogP contribution in [0.5, 0.6) is 17.2 Å². The molecule has 1 aromatic heterocycles. The van der Waals surface area contributed by atoms with Gasteiger partial charge in [0.25, 0.3) is 0 Å². The monoisotopic (exact) mass is 396 g/mol. The van der Waals surface area contributed by atoms with Crippen LogP contribution < -0.4 is 10.2 Å². The van der Waals surface area contributed by atoms with Crippen LogP contribution in [0.15, 0.2) is 51.7 Å². The molecular weight excluding hydrogens is 376 g/mol. The maximum atomic E-state index is 12.9. The van der Waals surface area contributed by atoms with Crippen LogP contribution in [0.2, 0.25) is 0 Å². The Kier molecular flexibility index (Phi) is 5.97. The quantitative estimate of drug-likeness (QED) is 0.353. The number of aromatic hydroxyl groups is 2. The minimum atomic E-state index is -0.625. The highest BCUT2D eigenvalue weighted by Gasteiger charge is 2.21. The average molecular weight is 396 g/mol. The van der Waals surface area contributed by atoms with E-state index in [2.05, 4.69) is 0 Å². The Morgan fingerprint density at radius 2 is 1.72 bits per heavy atom. The normalized spacial score (nSPS) is 10.8. The first kappa shape index (κ1) is 20.1. The van der Waals surface area contributed by atoms with E-state index in [1.807, 2.05) is 0 Å². The lowest BCUT2D eigenvalue weighted by atomic mass is 10.1. The molecule has 0 aliphatic heterocycles. The molecule has 2 aromatic carbocycles. The Hall–Kier alpha value is -3.61. The van der Waals surface area contributed by atoms with Gasteiger partial charge in [-0.3, -0.25) is 9.59 Å². The van der Waals surface area contributed by atoms with Crippen LogP contribution >= 0.6 is 0 Å². The van der Waals surface area contributed by atoms with E-state index < -0.39 is 17.1 Å². The number of carbonyl (C=O) groups excluding carboxylic acids is 2. The van der Waals surface area contributed by atoms with Crippen molar-refractivity contribution in [1.82, 2.24) is 0 Å². The van der Waals surface area contributed by atoms with Gasteiger partial charge < -0.3 is 24.2 Å². The van der Waals surface area contributed by atoms with Crippen molar-refractivity contribution in [2.45, 2.75) is 32.6 Å². The minimum absolute atomic E-state index is 0.0268. The second-order valence-electron chi connectivity index (χ2n) is 6.67. The van der Waals surface area contributed by atoms with Crippen molar-refractivity contribution >= 4 is 22.7 Å². The molecule has 0 aliphatic carbocycles. The topological polar surface area (TPSA) is 114 Å². The second kappa shape index (κ2) is 8.60. The van der Waals surface area contributed by atoms with E-state index >= 15 is 0 Å². The van der Waals surface area contributed by atoms with Crippen LogP contribution in [0.25, 0.3) is 22.3 Å². The van der Waals surface area contributed by atoms with Gasteiger partial charge in [-0.1, -0.05) is 12.1 Å². The summed E-state index contributed by atoms with van der Waals surface area (Å²) in [6.07, 6.45) is 1.42. The zero-order valence-corrected chi connectivity index (χ0v) is 15.8. The van der Waals surface area contributed by atoms with E-state index in [4.69, 9.17) is 9.15 Å². The molecule has 2 N–H and O–H groups in total. The number of phenols is 2. The van der Waals surface area contributed by atoms with Crippen LogP contribution in [-0.4, -0.2) is 22.0 Å². The standard InChI is InChI=1S/C22H20O7/c1-13(23)6-2-5-9-19(26)29-22-20(27)15-7-3-4-8-18(15)28-21(22)14-10-11-16(24)17(25)12-14/h3-4,7-8,10-12,24-25H,2,5-6,9H2,1H3. The molecule has 0 saturated heterocycles. The molecule has 0 aliphatic rings. The average Bonchev–Trinajstić information content (AvgIpc) is 2.69. The predicted octanol–water partition coefficient (Wildman–Crippen LogP) is 3.93. The highest BCUT2D eigenvalue weighted by molar-refractivity contribution is 5.84. The number of unbranched alkanes of at least 4 members (excludes halogenated alkanes) is 1. The first-order valence-electron chi connectivity index (χ1n) is 9.15. The predicted molar refractivity (Wildman–Crippen MR) is 106 cm³/mol. The highest BCUT2D eigenvalue weighted by atomic mass is 16.5. The van der Waals surface area contributed by atoms with E-state index in [1.165, 1.54) is 25.1 Å². The number of fused-ring (bicyclic) bond motifs is 1. The second-order valence-corrected chi connectivity index (χ2v) is 6.67. The highest BCUT2D eigenvalue weighted by Crippen LogP contribution is 2.35. The first-order valence-corrected chi connectivity index (χ1v) is 9.15. The van der Waals surface area contributed by atoms with Crippen molar-refractivity contribution in [2.75, 3.05) is 0 Å². The molecule has 150 valence electrons. The third-order valence-electron chi connectivity index (χ3n) is 4.37. The Labute approximate surface area is 166 Å². The number of ether oxygens (including phenoxy) is 1. The molecule has 3 aromatic rings. The summed E-state index contributed by atoms with van der Waals surface area (Å²) in [6, 6.07) is 10.4. The van der Waals surface area contributed by atoms with E-state index in [1.54, 1.807) is 24.3 Å². The molecule has 1 heterocycles. The van der Waals surface area contributed by atoms with Crippen LogP contribution in [0.3, 0.4) is 0 Å². The SMILES string of the molecule is CC(=O)CCCCC(=O)Oc1c(-c2ccc(O)c(O)c2)oc2ccccc2c1=O. The smallest absolute Gasteiger partial charge is 0.311 e. The van der Waals surface area contributed by atoms with Gasteiger partial charge in [0.15, 0.2) is 17.3 Å². The van der Waals surface area contributed by atoms with Gasteiger partial charge in [0, 0.05) is 18.4 Å². The number of benzene rings is 2. The summed E-state index contributed by atoms with van der Waals surface area (Å²) in [5.41, 5.74) is 0.0374. The molecule has 0 saturated carbocycles. The summed E-state index contributed by atoms with van der Waals surface area (Å²) in [6.45, 7) is 1.48. The lowest BCUT2D eigenvalue weighted by molar-refractivity contribution is -0.134. The van der Waals surface area contributed by atoms with Gasteiger partial charge in [0.05, 0.1) is 5.39 Å². The molecule has 0 fully saturated rings. The molecule has 0 unspecified atom stereocenters. The van der Waals surface area contributed by atoms with Crippen LogP contribution in [-0.2, 0) is 9.59 Å². The van der Waals surface area contributed by atoms with E-state index in [0.717, 1.165) is 0 Å². The van der Waals surface area contributed by atoms with Crippen molar-refractivity contribution in [1.29, 1.82) is 0 Å². The zero-order chi connectivity index (χ0) is 21.0. The maximum absolute atomic E-state index is 12.9. The fourth-order valence-corrected chi connectivity index (χ4v) is 2.88. The fraction of sp³-hybridized carbons (Fsp3) is 0.227. The summed E-state index contributed by atoms with van der Waals surface area (Å²) in [4.78, 5) is 36.2. The summed E-state index contributed by atoms with van der Waals surface area (Å²) >= 11 is 0. The molecule has 0 amide bonds. The van der Waals surface area contributed by atoms with Crippen molar-refractivity contribution in [3.63, 3.8) is 0 Å². The summed E-state index contributed by atoms with van der Waals surface area (Å²) in [5.74, 6) is -1.63. The number of phenolic OH excluding ortho intramolecular Hbond substituents is 2. The van der Waals surface area contributed by atoms with E-state index in [9.17, 15) is 24.6 Å². The molecule has 7 heteroatoms.